The Hall–Kier alpha value is -2.58. The largest absolute Gasteiger partial charge is 0.481 e. The monoisotopic (exact) mass is 417 g/mol. The molecule has 0 saturated carbocycles. The number of fused-ring (bicyclic) bond motifs is 5. The first-order chi connectivity index (χ1) is 14.1. The predicted molar refractivity (Wildman–Crippen MR) is 108 cm³/mol. The molecule has 0 saturated heterocycles. The van der Waals surface area contributed by atoms with E-state index in [1.54, 1.807) is 6.20 Å². The lowest BCUT2D eigenvalue weighted by molar-refractivity contribution is 0.107. The Kier molecular flexibility index (Phi) is 5.47. The smallest absolute Gasteiger partial charge is 0.182 e. The average Bonchev–Trinajstić information content (AvgIpc) is 3.09. The van der Waals surface area contributed by atoms with Gasteiger partial charge in [0.15, 0.2) is 5.06 Å². The molecule has 2 aliphatic rings. The van der Waals surface area contributed by atoms with Crippen molar-refractivity contribution in [1.29, 1.82) is 0 Å². The number of aryl methyl sites for hydroxylation is 1. The number of ether oxygens (including phenoxy) is 2. The molecular formula is C21H21F2N3O2S. The van der Waals surface area contributed by atoms with Gasteiger partial charge >= 0.3 is 0 Å². The van der Waals surface area contributed by atoms with Crippen LogP contribution in [0, 0.1) is 18.6 Å². The van der Waals surface area contributed by atoms with E-state index in [2.05, 4.69) is 9.98 Å². The van der Waals surface area contributed by atoms with Crippen molar-refractivity contribution >= 4 is 17.0 Å². The summed E-state index contributed by atoms with van der Waals surface area (Å²) in [5.74, 6) is -0.574. The second-order valence-corrected chi connectivity index (χ2v) is 7.32. The van der Waals surface area contributed by atoms with Crippen molar-refractivity contribution in [1.82, 2.24) is 9.55 Å². The van der Waals surface area contributed by atoms with E-state index < -0.39 is 11.6 Å². The molecule has 8 heteroatoms. The quantitative estimate of drug-likeness (QED) is 0.571. The summed E-state index contributed by atoms with van der Waals surface area (Å²) in [4.78, 5) is 8.99. The molecule has 152 valence electrons. The van der Waals surface area contributed by atoms with Crippen LogP contribution in [0.5, 0.6) is 5.06 Å². The molecule has 2 aliphatic heterocycles. The first-order valence-electron chi connectivity index (χ1n) is 9.54. The van der Waals surface area contributed by atoms with Gasteiger partial charge in [-0.15, -0.1) is 0 Å². The summed E-state index contributed by atoms with van der Waals surface area (Å²) < 4.78 is 42.7. The topological polar surface area (TPSA) is 48.6 Å². The number of hydrogen-bond acceptors (Lipinski definition) is 5. The van der Waals surface area contributed by atoms with Crippen LogP contribution in [0.3, 0.4) is 0 Å². The molecule has 0 unspecified atom stereocenters. The zero-order valence-electron chi connectivity index (χ0n) is 16.5. The molecule has 2 aromatic heterocycles. The van der Waals surface area contributed by atoms with Gasteiger partial charge in [0.2, 0.25) is 0 Å². The van der Waals surface area contributed by atoms with Crippen molar-refractivity contribution in [2.75, 3.05) is 13.2 Å². The van der Waals surface area contributed by atoms with Crippen LogP contribution in [0.15, 0.2) is 29.4 Å². The molecule has 0 N–H and O–H groups in total. The third-order valence-electron chi connectivity index (χ3n) is 4.69. The van der Waals surface area contributed by atoms with Gasteiger partial charge in [-0.1, -0.05) is 31.3 Å². The zero-order chi connectivity index (χ0) is 20.5. The SMILES string of the molecule is CC.Cc1cnc2n1-c1sc3c(c1C(c1c(F)cccc1F)=NC2)COCCO3. The van der Waals surface area contributed by atoms with Gasteiger partial charge < -0.3 is 9.47 Å². The van der Waals surface area contributed by atoms with Crippen molar-refractivity contribution < 1.29 is 18.3 Å². The van der Waals surface area contributed by atoms with Crippen molar-refractivity contribution in [2.45, 2.75) is 33.9 Å². The number of thiophene rings is 1. The summed E-state index contributed by atoms with van der Waals surface area (Å²) in [6, 6.07) is 3.84. The summed E-state index contributed by atoms with van der Waals surface area (Å²) >= 11 is 1.43. The minimum Gasteiger partial charge on any atom is -0.481 e. The van der Waals surface area contributed by atoms with Crippen LogP contribution in [0.1, 0.15) is 42.1 Å². The number of imidazole rings is 1. The highest BCUT2D eigenvalue weighted by Crippen LogP contribution is 2.43. The number of hydrogen-bond donors (Lipinski definition) is 0. The molecule has 0 amide bonds. The highest BCUT2D eigenvalue weighted by molar-refractivity contribution is 7.17. The second kappa shape index (κ2) is 8.04. The van der Waals surface area contributed by atoms with Gasteiger partial charge in [-0.05, 0) is 19.1 Å². The number of halogens is 2. The summed E-state index contributed by atoms with van der Waals surface area (Å²) in [6.07, 6.45) is 1.77. The molecule has 0 spiro atoms. The van der Waals surface area contributed by atoms with E-state index in [4.69, 9.17) is 9.47 Å². The predicted octanol–water partition coefficient (Wildman–Crippen LogP) is 4.81. The second-order valence-electron chi connectivity index (χ2n) is 6.36. The normalized spacial score (nSPS) is 14.9. The Morgan fingerprint density at radius 2 is 1.86 bits per heavy atom. The molecule has 0 aliphatic carbocycles. The first kappa shape index (κ1) is 19.7. The van der Waals surface area contributed by atoms with Crippen LogP contribution in [0.2, 0.25) is 0 Å². The van der Waals surface area contributed by atoms with E-state index in [-0.39, 0.29) is 17.8 Å². The van der Waals surface area contributed by atoms with Crippen molar-refractivity contribution in [3.05, 3.63) is 64.2 Å². The Morgan fingerprint density at radius 1 is 1.10 bits per heavy atom. The zero-order valence-corrected chi connectivity index (χ0v) is 17.3. The molecule has 1 aromatic carbocycles. The maximum Gasteiger partial charge on any atom is 0.182 e. The maximum atomic E-state index is 14.6. The molecule has 0 atom stereocenters. The molecule has 0 fully saturated rings. The van der Waals surface area contributed by atoms with E-state index in [1.165, 1.54) is 29.5 Å². The van der Waals surface area contributed by atoms with Crippen LogP contribution >= 0.6 is 11.3 Å². The summed E-state index contributed by atoms with van der Waals surface area (Å²) in [5, 5.41) is 1.50. The van der Waals surface area contributed by atoms with Crippen molar-refractivity contribution in [3.63, 3.8) is 0 Å². The molecule has 29 heavy (non-hydrogen) atoms. The lowest BCUT2D eigenvalue weighted by Gasteiger charge is -2.12. The Bertz CT molecular complexity index is 1070. The van der Waals surface area contributed by atoms with E-state index in [1.807, 2.05) is 25.3 Å². The van der Waals surface area contributed by atoms with Crippen LogP contribution in [0.4, 0.5) is 8.78 Å². The number of aromatic nitrogens is 2. The van der Waals surface area contributed by atoms with E-state index in [0.717, 1.165) is 22.1 Å². The minimum absolute atomic E-state index is 0.132. The molecule has 0 radical (unpaired) electrons. The van der Waals surface area contributed by atoms with Crippen molar-refractivity contribution in [2.24, 2.45) is 4.99 Å². The number of benzene rings is 1. The number of nitrogens with zero attached hydrogens (tertiary/aromatic N) is 3. The van der Waals surface area contributed by atoms with E-state index in [9.17, 15) is 8.78 Å². The van der Waals surface area contributed by atoms with E-state index in [0.29, 0.717) is 30.4 Å². The van der Waals surface area contributed by atoms with Gasteiger partial charge in [0.25, 0.3) is 0 Å². The fourth-order valence-corrected chi connectivity index (χ4v) is 4.75. The third kappa shape index (κ3) is 3.26. The van der Waals surface area contributed by atoms with Crippen LogP contribution in [-0.4, -0.2) is 28.5 Å². The van der Waals surface area contributed by atoms with Gasteiger partial charge in [0.05, 0.1) is 31.0 Å². The Labute approximate surface area is 171 Å². The van der Waals surface area contributed by atoms with Crippen LogP contribution in [-0.2, 0) is 17.9 Å². The van der Waals surface area contributed by atoms with Gasteiger partial charge in [-0.3, -0.25) is 9.56 Å². The van der Waals surface area contributed by atoms with Gasteiger partial charge in [0, 0.05) is 23.0 Å². The summed E-state index contributed by atoms with van der Waals surface area (Å²) in [6.45, 7) is 7.38. The molecule has 5 rings (SSSR count). The third-order valence-corrected chi connectivity index (χ3v) is 5.82. The average molecular weight is 417 g/mol. The first-order valence-corrected chi connectivity index (χ1v) is 10.4. The molecule has 3 aromatic rings. The lowest BCUT2D eigenvalue weighted by atomic mass is 9.99. The standard InChI is InChI=1S/C19H15F2N3O2S.C2H6/c1-10-7-22-14-8-23-17(16-12(20)3-2-4-13(16)21)15-11-9-25-5-6-26-19(11)27-18(15)24(10)14;1-2/h2-4,7H,5-6,8-9H2,1H3;1-2H3. The molecule has 4 heterocycles. The Balaban J connectivity index is 0.000000994. The molecule has 5 nitrogen and oxygen atoms in total. The van der Waals surface area contributed by atoms with Gasteiger partial charge in [0.1, 0.15) is 29.1 Å². The van der Waals surface area contributed by atoms with Gasteiger partial charge in [-0.2, -0.15) is 0 Å². The number of aliphatic imine (C=N–C) groups is 1. The van der Waals surface area contributed by atoms with Crippen LogP contribution in [0.25, 0.3) is 5.00 Å². The molecule has 0 bridgehead atoms. The minimum atomic E-state index is -0.647. The summed E-state index contributed by atoms with van der Waals surface area (Å²) in [5.41, 5.74) is 2.49. The summed E-state index contributed by atoms with van der Waals surface area (Å²) in [7, 11) is 0. The fraction of sp³-hybridized carbons (Fsp3) is 0.333. The fourth-order valence-electron chi connectivity index (χ4n) is 3.48. The highest BCUT2D eigenvalue weighted by atomic mass is 32.1. The van der Waals surface area contributed by atoms with Crippen molar-refractivity contribution in [3.8, 4) is 10.1 Å². The lowest BCUT2D eigenvalue weighted by Crippen LogP contribution is -2.12. The van der Waals surface area contributed by atoms with E-state index >= 15 is 0 Å². The Morgan fingerprint density at radius 3 is 2.62 bits per heavy atom. The molecular weight excluding hydrogens is 396 g/mol. The number of rotatable bonds is 1. The highest BCUT2D eigenvalue weighted by Gasteiger charge is 2.32. The maximum absolute atomic E-state index is 14.6. The van der Waals surface area contributed by atoms with Crippen LogP contribution < -0.4 is 4.74 Å². The van der Waals surface area contributed by atoms with Gasteiger partial charge in [-0.25, -0.2) is 13.8 Å².